The van der Waals surface area contributed by atoms with Crippen LogP contribution < -0.4 is 0 Å². The Morgan fingerprint density at radius 3 is 2.92 bits per heavy atom. The van der Waals surface area contributed by atoms with E-state index in [1.807, 2.05) is 11.6 Å². The van der Waals surface area contributed by atoms with Gasteiger partial charge in [-0.2, -0.15) is 0 Å². The third-order valence-corrected chi connectivity index (χ3v) is 2.66. The fraction of sp³-hybridized carbons (Fsp3) is 0.273. The van der Waals surface area contributed by atoms with E-state index < -0.39 is 0 Å². The van der Waals surface area contributed by atoms with Crippen LogP contribution in [0.5, 0.6) is 0 Å². The average Bonchev–Trinajstić information content (AvgIpc) is 2.12. The van der Waals surface area contributed by atoms with Crippen molar-refractivity contribution in [1.29, 1.82) is 0 Å². The van der Waals surface area contributed by atoms with Crippen molar-refractivity contribution in [2.75, 3.05) is 0 Å². The molecule has 2 aliphatic rings. The molecule has 1 aliphatic heterocycles. The maximum absolute atomic E-state index is 4.22. The molecule has 0 saturated heterocycles. The van der Waals surface area contributed by atoms with Crippen molar-refractivity contribution in [2.45, 2.75) is 13.8 Å². The Morgan fingerprint density at radius 2 is 2.08 bits per heavy atom. The van der Waals surface area contributed by atoms with Crippen molar-refractivity contribution < 1.29 is 0 Å². The van der Waals surface area contributed by atoms with Crippen molar-refractivity contribution in [3.05, 3.63) is 40.6 Å². The van der Waals surface area contributed by atoms with Gasteiger partial charge in [0.25, 0.3) is 0 Å². The van der Waals surface area contributed by atoms with Gasteiger partial charge in [-0.05, 0) is 12.2 Å². The first-order valence-electron chi connectivity index (χ1n) is 4.24. The second-order valence-electron chi connectivity index (χ2n) is 3.71. The van der Waals surface area contributed by atoms with Crippen LogP contribution in [-0.4, -0.2) is 5.55 Å². The summed E-state index contributed by atoms with van der Waals surface area (Å²) in [6, 6.07) is 0. The Labute approximate surface area is 82.6 Å². The number of hydrogen-bond acceptors (Lipinski definition) is 2. The van der Waals surface area contributed by atoms with Crippen molar-refractivity contribution in [3.8, 4) is 0 Å². The number of aliphatic imine (C=N–C) groups is 1. The minimum Gasteiger partial charge on any atom is -0.241 e. The van der Waals surface area contributed by atoms with Gasteiger partial charge in [0.15, 0.2) is 0 Å². The van der Waals surface area contributed by atoms with Crippen LogP contribution in [-0.2, 0) is 0 Å². The maximum atomic E-state index is 4.22. The Morgan fingerprint density at radius 1 is 1.31 bits per heavy atom. The highest BCUT2D eigenvalue weighted by atomic mass is 32.2. The van der Waals surface area contributed by atoms with E-state index in [0.29, 0.717) is 0 Å². The zero-order valence-electron chi connectivity index (χ0n) is 7.74. The lowest BCUT2D eigenvalue weighted by atomic mass is 9.91. The van der Waals surface area contributed by atoms with Crippen LogP contribution in [0, 0.1) is 5.41 Å². The smallest absolute Gasteiger partial charge is 0.106 e. The SMILES string of the molecule is CC1(C)C=CC2=C=C(/C=C\1)N=CS2. The standard InChI is InChI=1S/C11H11NS/c1-11(2)5-3-9-7-10(4-6-11)13-8-12-9/h3-6,8H,1-2H3/b5-3-,6-4?. The predicted molar refractivity (Wildman–Crippen MR) is 58.7 cm³/mol. The van der Waals surface area contributed by atoms with Crippen LogP contribution in [0.4, 0.5) is 0 Å². The first kappa shape index (κ1) is 8.61. The predicted octanol–water partition coefficient (Wildman–Crippen LogP) is 3.28. The summed E-state index contributed by atoms with van der Waals surface area (Å²) in [7, 11) is 0. The van der Waals surface area contributed by atoms with Crippen LogP contribution in [0.2, 0.25) is 0 Å². The van der Waals surface area contributed by atoms with E-state index in [9.17, 15) is 0 Å². The Balaban J connectivity index is 2.48. The molecule has 1 nitrogen and oxygen atoms in total. The summed E-state index contributed by atoms with van der Waals surface area (Å²) in [5.74, 6) is 0. The second kappa shape index (κ2) is 3.06. The third-order valence-electron chi connectivity index (χ3n) is 1.96. The number of allylic oxidation sites excluding steroid dienone is 3. The molecule has 0 atom stereocenters. The zero-order chi connectivity index (χ0) is 9.31. The molecule has 0 fully saturated rings. The average molecular weight is 189 g/mol. The number of nitrogens with zero attached hydrogens (tertiary/aromatic N) is 1. The summed E-state index contributed by atoms with van der Waals surface area (Å²) in [5.41, 5.74) is 6.11. The molecule has 1 aliphatic carbocycles. The van der Waals surface area contributed by atoms with E-state index in [1.54, 1.807) is 11.8 Å². The molecule has 0 N–H and O–H groups in total. The molecule has 0 amide bonds. The van der Waals surface area contributed by atoms with Crippen molar-refractivity contribution in [3.63, 3.8) is 0 Å². The summed E-state index contributed by atoms with van der Waals surface area (Å²) in [5, 5.41) is 0. The summed E-state index contributed by atoms with van der Waals surface area (Å²) in [4.78, 5) is 5.36. The fourth-order valence-corrected chi connectivity index (χ4v) is 1.72. The third kappa shape index (κ3) is 2.03. The molecule has 0 radical (unpaired) electrons. The lowest BCUT2D eigenvalue weighted by Gasteiger charge is -2.16. The van der Waals surface area contributed by atoms with Gasteiger partial charge < -0.3 is 0 Å². The summed E-state index contributed by atoms with van der Waals surface area (Å²) >= 11 is 1.61. The molecule has 1 heterocycles. The first-order chi connectivity index (χ1) is 6.16. The molecule has 13 heavy (non-hydrogen) atoms. The highest BCUT2D eigenvalue weighted by Gasteiger charge is 2.11. The Bertz CT molecular complexity index is 377. The molecular weight excluding hydrogens is 178 g/mol. The molecule has 2 bridgehead atoms. The highest BCUT2D eigenvalue weighted by molar-refractivity contribution is 8.15. The monoisotopic (exact) mass is 189 g/mol. The van der Waals surface area contributed by atoms with Crippen LogP contribution in [0.3, 0.4) is 0 Å². The molecule has 2 rings (SSSR count). The summed E-state index contributed by atoms with van der Waals surface area (Å²) < 4.78 is 0. The normalized spacial score (nSPS) is 25.7. The van der Waals surface area contributed by atoms with Gasteiger partial charge in [-0.3, -0.25) is 0 Å². The highest BCUT2D eigenvalue weighted by Crippen LogP contribution is 2.27. The largest absolute Gasteiger partial charge is 0.241 e. The molecule has 0 aromatic heterocycles. The van der Waals surface area contributed by atoms with E-state index in [0.717, 1.165) is 10.6 Å². The van der Waals surface area contributed by atoms with Gasteiger partial charge in [-0.1, -0.05) is 43.5 Å². The van der Waals surface area contributed by atoms with Crippen LogP contribution in [0.25, 0.3) is 0 Å². The van der Waals surface area contributed by atoms with Crippen LogP contribution >= 0.6 is 11.8 Å². The summed E-state index contributed by atoms with van der Waals surface area (Å²) in [6.45, 7) is 4.35. The number of rotatable bonds is 0. The lowest BCUT2D eigenvalue weighted by Crippen LogP contribution is -2.03. The molecule has 0 saturated carbocycles. The van der Waals surface area contributed by atoms with E-state index >= 15 is 0 Å². The quantitative estimate of drug-likeness (QED) is 0.533. The van der Waals surface area contributed by atoms with Crippen molar-refractivity contribution in [1.82, 2.24) is 0 Å². The van der Waals surface area contributed by atoms with E-state index in [-0.39, 0.29) is 5.41 Å². The van der Waals surface area contributed by atoms with Gasteiger partial charge >= 0.3 is 0 Å². The van der Waals surface area contributed by atoms with Gasteiger partial charge in [0, 0.05) is 5.41 Å². The molecule has 0 aromatic rings. The first-order valence-corrected chi connectivity index (χ1v) is 5.12. The van der Waals surface area contributed by atoms with Crippen molar-refractivity contribution >= 4 is 17.3 Å². The van der Waals surface area contributed by atoms with Crippen LogP contribution in [0.1, 0.15) is 13.8 Å². The molecule has 0 aromatic carbocycles. The second-order valence-corrected chi connectivity index (χ2v) is 4.60. The fourth-order valence-electron chi connectivity index (χ4n) is 1.13. The minimum atomic E-state index is 0.117. The maximum Gasteiger partial charge on any atom is 0.106 e. The van der Waals surface area contributed by atoms with Crippen LogP contribution in [0.15, 0.2) is 45.6 Å². The topological polar surface area (TPSA) is 12.4 Å². The van der Waals surface area contributed by atoms with Gasteiger partial charge in [0.2, 0.25) is 0 Å². The lowest BCUT2D eigenvalue weighted by molar-refractivity contribution is 0.625. The molecular formula is C11H11NS. The summed E-state index contributed by atoms with van der Waals surface area (Å²) in [6.07, 6.45) is 8.48. The van der Waals surface area contributed by atoms with Gasteiger partial charge in [0.1, 0.15) is 5.70 Å². The molecule has 2 heteroatoms. The molecule has 0 unspecified atom stereocenters. The zero-order valence-corrected chi connectivity index (χ0v) is 8.56. The molecule has 0 spiro atoms. The van der Waals surface area contributed by atoms with E-state index in [2.05, 4.69) is 42.8 Å². The van der Waals surface area contributed by atoms with Crippen molar-refractivity contribution in [2.24, 2.45) is 10.4 Å². The minimum absolute atomic E-state index is 0.117. The Kier molecular flexibility index (Phi) is 2.03. The van der Waals surface area contributed by atoms with E-state index in [1.165, 1.54) is 0 Å². The van der Waals surface area contributed by atoms with Gasteiger partial charge in [0.05, 0.1) is 10.5 Å². The number of thioether (sulfide) groups is 1. The van der Waals surface area contributed by atoms with E-state index in [4.69, 9.17) is 0 Å². The van der Waals surface area contributed by atoms with Gasteiger partial charge in [-0.15, -0.1) is 0 Å². The Hall–Kier alpha value is -0.980. The van der Waals surface area contributed by atoms with Gasteiger partial charge in [-0.25, -0.2) is 4.99 Å². The number of hydrogen-bond donors (Lipinski definition) is 0. The molecule has 66 valence electrons.